The molecule has 0 fully saturated rings. The topological polar surface area (TPSA) is 43.1 Å². The number of rotatable bonds is 2. The number of carbonyl (C=O) groups excluding carboxylic acids is 1. The number of amides is 1. The number of primary amides is 1. The maximum atomic E-state index is 11.0. The fraction of sp³-hybridized carbons (Fsp3) is 0.222. The van der Waals surface area contributed by atoms with Crippen molar-refractivity contribution in [2.24, 2.45) is 5.73 Å². The minimum atomic E-state index is -0.332. The molecule has 0 aliphatic rings. The highest BCUT2D eigenvalue weighted by molar-refractivity contribution is 8.15. The Bertz CT molecular complexity index is 296. The first kappa shape index (κ1) is 9.13. The number of carbonyl (C=O) groups is 1. The SMILES string of the molecule is C[SH](C)c1ccccc1C(N)=O. The van der Waals surface area contributed by atoms with E-state index < -0.39 is 0 Å². The molecular weight excluding hydrogens is 170 g/mol. The zero-order valence-corrected chi connectivity index (χ0v) is 8.14. The lowest BCUT2D eigenvalue weighted by atomic mass is 10.2. The second kappa shape index (κ2) is 3.63. The molecule has 0 aromatic heterocycles. The monoisotopic (exact) mass is 183 g/mol. The van der Waals surface area contributed by atoms with E-state index in [9.17, 15) is 4.79 Å². The van der Waals surface area contributed by atoms with Crippen LogP contribution in [0.25, 0.3) is 0 Å². The van der Waals surface area contributed by atoms with E-state index in [2.05, 4.69) is 12.5 Å². The van der Waals surface area contributed by atoms with Gasteiger partial charge in [0.25, 0.3) is 0 Å². The van der Waals surface area contributed by atoms with Gasteiger partial charge in [-0.15, -0.1) is 0 Å². The van der Waals surface area contributed by atoms with Crippen molar-refractivity contribution in [2.75, 3.05) is 12.5 Å². The number of thiol groups is 1. The second-order valence-corrected chi connectivity index (χ2v) is 5.05. The normalized spacial score (nSPS) is 11.0. The summed E-state index contributed by atoms with van der Waals surface area (Å²) in [5.74, 6) is -0.332. The van der Waals surface area contributed by atoms with Gasteiger partial charge in [0, 0.05) is 0 Å². The van der Waals surface area contributed by atoms with Crippen LogP contribution in [0.4, 0.5) is 0 Å². The Kier molecular flexibility index (Phi) is 2.76. The van der Waals surface area contributed by atoms with Crippen molar-refractivity contribution in [1.82, 2.24) is 0 Å². The Morgan fingerprint density at radius 1 is 1.33 bits per heavy atom. The zero-order valence-electron chi connectivity index (χ0n) is 7.24. The lowest BCUT2D eigenvalue weighted by molar-refractivity contribution is 0.0997. The van der Waals surface area contributed by atoms with Crippen LogP contribution < -0.4 is 5.73 Å². The number of hydrogen-bond acceptors (Lipinski definition) is 1. The van der Waals surface area contributed by atoms with E-state index in [1.165, 1.54) is 0 Å². The first-order valence-corrected chi connectivity index (χ1v) is 5.92. The molecule has 1 aromatic carbocycles. The average molecular weight is 183 g/mol. The summed E-state index contributed by atoms with van der Waals surface area (Å²) < 4.78 is 0. The van der Waals surface area contributed by atoms with E-state index in [0.717, 1.165) is 4.90 Å². The van der Waals surface area contributed by atoms with Crippen molar-refractivity contribution in [3.8, 4) is 0 Å². The van der Waals surface area contributed by atoms with Crippen molar-refractivity contribution >= 4 is 16.8 Å². The van der Waals surface area contributed by atoms with E-state index in [1.54, 1.807) is 6.07 Å². The van der Waals surface area contributed by atoms with Gasteiger partial charge in [0.15, 0.2) is 0 Å². The molecule has 0 spiro atoms. The Labute approximate surface area is 75.1 Å². The fourth-order valence-corrected chi connectivity index (χ4v) is 2.12. The van der Waals surface area contributed by atoms with Crippen molar-refractivity contribution in [3.05, 3.63) is 29.8 Å². The van der Waals surface area contributed by atoms with Crippen LogP contribution in [-0.4, -0.2) is 18.4 Å². The predicted octanol–water partition coefficient (Wildman–Crippen LogP) is 1.41. The molecule has 66 valence electrons. The van der Waals surface area contributed by atoms with Gasteiger partial charge in [0.05, 0.1) is 5.56 Å². The zero-order chi connectivity index (χ0) is 9.14. The molecule has 0 saturated heterocycles. The third kappa shape index (κ3) is 1.80. The van der Waals surface area contributed by atoms with E-state index in [4.69, 9.17) is 5.73 Å². The minimum absolute atomic E-state index is 0.250. The highest BCUT2D eigenvalue weighted by Gasteiger charge is 2.07. The standard InChI is InChI=1S/C9H13NOS/c1-12(2)8-6-4-3-5-7(8)9(10)11/h3-6,12H,1-2H3,(H2,10,11). The molecule has 0 aliphatic carbocycles. The summed E-state index contributed by atoms with van der Waals surface area (Å²) >= 11 is 0. The van der Waals surface area contributed by atoms with Gasteiger partial charge in [-0.25, -0.2) is 10.9 Å². The number of benzene rings is 1. The van der Waals surface area contributed by atoms with E-state index in [-0.39, 0.29) is 16.8 Å². The third-order valence-electron chi connectivity index (χ3n) is 1.65. The Balaban J connectivity index is 3.17. The van der Waals surface area contributed by atoms with Crippen LogP contribution in [0.3, 0.4) is 0 Å². The summed E-state index contributed by atoms with van der Waals surface area (Å²) in [6, 6.07) is 7.51. The van der Waals surface area contributed by atoms with Crippen molar-refractivity contribution in [1.29, 1.82) is 0 Å². The molecule has 3 heteroatoms. The van der Waals surface area contributed by atoms with Crippen molar-refractivity contribution < 1.29 is 4.79 Å². The van der Waals surface area contributed by atoms with Crippen LogP contribution >= 0.6 is 10.9 Å². The maximum Gasteiger partial charge on any atom is 0.249 e. The van der Waals surface area contributed by atoms with Crippen LogP contribution in [0.5, 0.6) is 0 Å². The molecule has 2 N–H and O–H groups in total. The van der Waals surface area contributed by atoms with Crippen LogP contribution in [-0.2, 0) is 0 Å². The highest BCUT2D eigenvalue weighted by atomic mass is 32.2. The molecule has 0 heterocycles. The summed E-state index contributed by atoms with van der Waals surface area (Å²) in [7, 11) is -0.250. The highest BCUT2D eigenvalue weighted by Crippen LogP contribution is 2.30. The van der Waals surface area contributed by atoms with Gasteiger partial charge in [-0.3, -0.25) is 4.79 Å². The average Bonchev–Trinajstić information content (AvgIpc) is 2.04. The fourth-order valence-electron chi connectivity index (χ4n) is 1.07. The number of nitrogens with two attached hydrogens (primary N) is 1. The molecule has 1 amide bonds. The molecule has 0 aliphatic heterocycles. The minimum Gasteiger partial charge on any atom is -0.366 e. The second-order valence-electron chi connectivity index (χ2n) is 2.78. The Morgan fingerprint density at radius 2 is 1.92 bits per heavy atom. The van der Waals surface area contributed by atoms with Gasteiger partial charge in [0.2, 0.25) is 5.91 Å². The molecular formula is C9H13NOS. The van der Waals surface area contributed by atoms with Gasteiger partial charge in [0.1, 0.15) is 0 Å². The number of hydrogen-bond donors (Lipinski definition) is 2. The molecule has 0 unspecified atom stereocenters. The smallest absolute Gasteiger partial charge is 0.249 e. The van der Waals surface area contributed by atoms with Crippen LogP contribution in [0, 0.1) is 0 Å². The molecule has 2 nitrogen and oxygen atoms in total. The molecule has 0 atom stereocenters. The summed E-state index contributed by atoms with van der Waals surface area (Å²) in [6.45, 7) is 0. The maximum absolute atomic E-state index is 11.0. The van der Waals surface area contributed by atoms with Crippen LogP contribution in [0.1, 0.15) is 10.4 Å². The Morgan fingerprint density at radius 3 is 2.33 bits per heavy atom. The first-order valence-electron chi connectivity index (χ1n) is 3.69. The van der Waals surface area contributed by atoms with E-state index >= 15 is 0 Å². The van der Waals surface area contributed by atoms with Gasteiger partial charge < -0.3 is 5.73 Å². The molecule has 1 aromatic rings. The van der Waals surface area contributed by atoms with Gasteiger partial charge in [-0.05, 0) is 29.5 Å². The summed E-state index contributed by atoms with van der Waals surface area (Å²) in [5.41, 5.74) is 5.88. The van der Waals surface area contributed by atoms with Crippen molar-refractivity contribution in [2.45, 2.75) is 4.90 Å². The van der Waals surface area contributed by atoms with E-state index in [0.29, 0.717) is 5.56 Å². The van der Waals surface area contributed by atoms with Gasteiger partial charge in [-0.2, -0.15) is 0 Å². The van der Waals surface area contributed by atoms with Crippen molar-refractivity contribution in [3.63, 3.8) is 0 Å². The molecule has 12 heavy (non-hydrogen) atoms. The van der Waals surface area contributed by atoms with Gasteiger partial charge in [-0.1, -0.05) is 12.1 Å². The molecule has 0 radical (unpaired) electrons. The lowest BCUT2D eigenvalue weighted by Crippen LogP contribution is -2.12. The van der Waals surface area contributed by atoms with Gasteiger partial charge >= 0.3 is 0 Å². The molecule has 1 rings (SSSR count). The van der Waals surface area contributed by atoms with Crippen LogP contribution in [0.15, 0.2) is 29.2 Å². The third-order valence-corrected chi connectivity index (χ3v) is 3.00. The summed E-state index contributed by atoms with van der Waals surface area (Å²) in [6.07, 6.45) is 4.22. The Hall–Kier alpha value is -0.960. The van der Waals surface area contributed by atoms with E-state index in [1.807, 2.05) is 18.2 Å². The summed E-state index contributed by atoms with van der Waals surface area (Å²) in [4.78, 5) is 12.0. The first-order chi connectivity index (χ1) is 5.63. The summed E-state index contributed by atoms with van der Waals surface area (Å²) in [5, 5.41) is 0. The quantitative estimate of drug-likeness (QED) is 0.669. The molecule has 0 saturated carbocycles. The lowest BCUT2D eigenvalue weighted by Gasteiger charge is -2.12. The largest absolute Gasteiger partial charge is 0.366 e. The predicted molar refractivity (Wildman–Crippen MR) is 54.1 cm³/mol. The molecule has 0 bridgehead atoms. The van der Waals surface area contributed by atoms with Crippen LogP contribution in [0.2, 0.25) is 0 Å².